The highest BCUT2D eigenvalue weighted by Crippen LogP contribution is 2.26. The Morgan fingerprint density at radius 2 is 2.12 bits per heavy atom. The lowest BCUT2D eigenvalue weighted by atomic mass is 10.3. The molecular weight excluding hydrogens is 332 g/mol. The van der Waals surface area contributed by atoms with Crippen LogP contribution < -0.4 is 0 Å². The van der Waals surface area contributed by atoms with Crippen LogP contribution in [0.1, 0.15) is 5.69 Å². The van der Waals surface area contributed by atoms with E-state index in [4.69, 9.17) is 0 Å². The highest BCUT2D eigenvalue weighted by Gasteiger charge is 2.14. The highest BCUT2D eigenvalue weighted by molar-refractivity contribution is 7.98. The fraction of sp³-hybridized carbons (Fsp3) is 0.111. The summed E-state index contributed by atoms with van der Waals surface area (Å²) < 4.78 is 4.07. The number of nitrogens with zero attached hydrogens (tertiary/aromatic N) is 6. The van der Waals surface area contributed by atoms with Crippen LogP contribution in [0.2, 0.25) is 0 Å². The average Bonchev–Trinajstić information content (AvgIpc) is 3.24. The highest BCUT2D eigenvalue weighted by atomic mass is 32.2. The van der Waals surface area contributed by atoms with E-state index in [0.717, 1.165) is 33.6 Å². The largest absolute Gasteiger partial charge is 0.307 e. The Morgan fingerprint density at radius 1 is 1.16 bits per heavy atom. The molecule has 0 atom stereocenters. The van der Waals surface area contributed by atoms with Crippen molar-refractivity contribution < 1.29 is 0 Å². The van der Waals surface area contributed by atoms with Crippen molar-refractivity contribution in [3.63, 3.8) is 0 Å². The Morgan fingerprint density at radius 3 is 2.92 bits per heavy atom. The molecule has 0 amide bonds. The van der Waals surface area contributed by atoms with Crippen LogP contribution in [0.4, 0.5) is 0 Å². The number of hydrogen-bond donors (Lipinski definition) is 0. The maximum atomic E-state index is 4.62. The first kappa shape index (κ1) is 15.6. The number of thioether (sulfide) groups is 1. The second-order valence-electron chi connectivity index (χ2n) is 5.43. The molecule has 4 heterocycles. The van der Waals surface area contributed by atoms with Gasteiger partial charge >= 0.3 is 0 Å². The summed E-state index contributed by atoms with van der Waals surface area (Å²) in [6.07, 6.45) is 9.42. The third-order valence-corrected chi connectivity index (χ3v) is 4.71. The molecule has 25 heavy (non-hydrogen) atoms. The second kappa shape index (κ2) is 6.90. The summed E-state index contributed by atoms with van der Waals surface area (Å²) in [5.41, 5.74) is 2.89. The molecular formula is C18H16N6S. The van der Waals surface area contributed by atoms with Gasteiger partial charge in [-0.15, -0.1) is 16.8 Å². The van der Waals surface area contributed by atoms with Crippen molar-refractivity contribution in [1.29, 1.82) is 0 Å². The summed E-state index contributed by atoms with van der Waals surface area (Å²) in [7, 11) is 0. The van der Waals surface area contributed by atoms with E-state index in [1.54, 1.807) is 24.2 Å². The van der Waals surface area contributed by atoms with Gasteiger partial charge in [0.2, 0.25) is 0 Å². The molecule has 0 radical (unpaired) electrons. The van der Waals surface area contributed by atoms with E-state index < -0.39 is 0 Å². The van der Waals surface area contributed by atoms with Gasteiger partial charge in [-0.25, -0.2) is 4.98 Å². The second-order valence-corrected chi connectivity index (χ2v) is 6.38. The summed E-state index contributed by atoms with van der Waals surface area (Å²) in [4.78, 5) is 8.79. The number of imidazole rings is 1. The average molecular weight is 348 g/mol. The molecule has 0 aliphatic carbocycles. The topological polar surface area (TPSA) is 60.9 Å². The van der Waals surface area contributed by atoms with Crippen molar-refractivity contribution in [2.45, 2.75) is 17.5 Å². The lowest BCUT2D eigenvalue weighted by Gasteiger charge is -2.06. The van der Waals surface area contributed by atoms with Crippen LogP contribution in [-0.4, -0.2) is 29.1 Å². The Balaban J connectivity index is 1.59. The van der Waals surface area contributed by atoms with Crippen LogP contribution in [0.5, 0.6) is 0 Å². The molecule has 4 rings (SSSR count). The summed E-state index contributed by atoms with van der Waals surface area (Å²) in [6.45, 7) is 4.49. The molecule has 0 saturated carbocycles. The number of rotatable bonds is 6. The van der Waals surface area contributed by atoms with Crippen molar-refractivity contribution in [3.05, 3.63) is 73.5 Å². The van der Waals surface area contributed by atoms with Crippen LogP contribution in [0, 0.1) is 0 Å². The Kier molecular flexibility index (Phi) is 4.30. The minimum atomic E-state index is 0.644. The van der Waals surface area contributed by atoms with Crippen LogP contribution >= 0.6 is 11.8 Å². The zero-order chi connectivity index (χ0) is 17.1. The van der Waals surface area contributed by atoms with Gasteiger partial charge in [0.15, 0.2) is 11.0 Å². The van der Waals surface area contributed by atoms with Gasteiger partial charge in [-0.3, -0.25) is 9.55 Å². The van der Waals surface area contributed by atoms with Crippen molar-refractivity contribution in [2.24, 2.45) is 0 Å². The standard InChI is InChI=1S/C18H16N6S/c1-2-9-24-17(14-6-5-8-19-11-14)21-22-18(24)25-13-15-12-23-10-4-3-7-16(23)20-15/h2-8,10-12H,1,9,13H2. The van der Waals surface area contributed by atoms with Gasteiger partial charge in [0.05, 0.1) is 5.69 Å². The van der Waals surface area contributed by atoms with Gasteiger partial charge in [-0.2, -0.15) is 0 Å². The Labute approximate surface area is 149 Å². The Bertz CT molecular complexity index is 972. The van der Waals surface area contributed by atoms with Gasteiger partial charge in [0, 0.05) is 42.6 Å². The molecule has 0 aliphatic rings. The van der Waals surface area contributed by atoms with Crippen LogP contribution in [0.3, 0.4) is 0 Å². The maximum Gasteiger partial charge on any atom is 0.192 e. The van der Waals surface area contributed by atoms with Crippen LogP contribution in [0.15, 0.2) is 72.9 Å². The summed E-state index contributed by atoms with van der Waals surface area (Å²) in [5.74, 6) is 1.52. The van der Waals surface area contributed by atoms with Gasteiger partial charge in [-0.1, -0.05) is 23.9 Å². The van der Waals surface area contributed by atoms with Crippen molar-refractivity contribution in [3.8, 4) is 11.4 Å². The SMILES string of the molecule is C=CCn1c(SCc2cn3ccccc3n2)nnc1-c1cccnc1. The van der Waals surface area contributed by atoms with Crippen LogP contribution in [0.25, 0.3) is 17.0 Å². The number of aromatic nitrogens is 6. The molecule has 0 saturated heterocycles. The zero-order valence-corrected chi connectivity index (χ0v) is 14.3. The number of pyridine rings is 2. The van der Waals surface area contributed by atoms with E-state index in [9.17, 15) is 0 Å². The smallest absolute Gasteiger partial charge is 0.192 e. The van der Waals surface area contributed by atoms with Gasteiger partial charge in [-0.05, 0) is 24.3 Å². The fourth-order valence-electron chi connectivity index (χ4n) is 2.59. The van der Waals surface area contributed by atoms with E-state index in [1.165, 1.54) is 0 Å². The number of hydrogen-bond acceptors (Lipinski definition) is 5. The van der Waals surface area contributed by atoms with E-state index in [2.05, 4.69) is 26.7 Å². The molecule has 4 aromatic heterocycles. The van der Waals surface area contributed by atoms with Crippen LogP contribution in [-0.2, 0) is 12.3 Å². The minimum Gasteiger partial charge on any atom is -0.307 e. The quantitative estimate of drug-likeness (QED) is 0.394. The first-order valence-corrected chi connectivity index (χ1v) is 8.83. The molecule has 0 fully saturated rings. The first-order valence-electron chi connectivity index (χ1n) is 7.85. The first-order chi connectivity index (χ1) is 12.3. The van der Waals surface area contributed by atoms with E-state index >= 15 is 0 Å². The van der Waals surface area contributed by atoms with Crippen molar-refractivity contribution in [1.82, 2.24) is 29.1 Å². The predicted octanol–water partition coefficient (Wildman–Crippen LogP) is 3.47. The summed E-state index contributed by atoms with van der Waals surface area (Å²) >= 11 is 1.62. The lowest BCUT2D eigenvalue weighted by molar-refractivity contribution is 0.730. The van der Waals surface area contributed by atoms with Gasteiger partial charge < -0.3 is 4.40 Å². The Hall–Kier alpha value is -2.93. The molecule has 0 N–H and O–H groups in total. The molecule has 4 aromatic rings. The van der Waals surface area contributed by atoms with Gasteiger partial charge in [0.25, 0.3) is 0 Å². The third-order valence-electron chi connectivity index (χ3n) is 3.71. The molecule has 0 aliphatic heterocycles. The fourth-order valence-corrected chi connectivity index (χ4v) is 3.42. The molecule has 124 valence electrons. The molecule has 0 unspecified atom stereocenters. The third kappa shape index (κ3) is 3.18. The molecule has 6 nitrogen and oxygen atoms in total. The lowest BCUT2D eigenvalue weighted by Crippen LogP contribution is -2.00. The molecule has 7 heteroatoms. The summed E-state index contributed by atoms with van der Waals surface area (Å²) in [6, 6.07) is 9.85. The van der Waals surface area contributed by atoms with E-state index in [-0.39, 0.29) is 0 Å². The number of fused-ring (bicyclic) bond motifs is 1. The van der Waals surface area contributed by atoms with Crippen molar-refractivity contribution >= 4 is 17.4 Å². The predicted molar refractivity (Wildman–Crippen MR) is 98.2 cm³/mol. The van der Waals surface area contributed by atoms with Crippen molar-refractivity contribution in [2.75, 3.05) is 0 Å². The normalized spacial score (nSPS) is 11.0. The molecule has 0 aromatic carbocycles. The summed E-state index contributed by atoms with van der Waals surface area (Å²) in [5, 5.41) is 9.53. The zero-order valence-electron chi connectivity index (χ0n) is 13.5. The monoisotopic (exact) mass is 348 g/mol. The minimum absolute atomic E-state index is 0.644. The van der Waals surface area contributed by atoms with Gasteiger partial charge in [0.1, 0.15) is 5.65 Å². The maximum absolute atomic E-state index is 4.62. The van der Waals surface area contributed by atoms with E-state index in [1.807, 2.05) is 57.8 Å². The molecule has 0 spiro atoms. The van der Waals surface area contributed by atoms with E-state index in [0.29, 0.717) is 6.54 Å². The molecule has 0 bridgehead atoms. The number of allylic oxidation sites excluding steroid dienone is 1.